The highest BCUT2D eigenvalue weighted by atomic mass is 16.6. The summed E-state index contributed by atoms with van der Waals surface area (Å²) in [6.45, 7) is 6.03. The molecule has 0 radical (unpaired) electrons. The molecule has 2 aliphatic carbocycles. The van der Waals surface area contributed by atoms with Crippen molar-refractivity contribution < 1.29 is 19.4 Å². The Hall–Kier alpha value is -2.37. The summed E-state index contributed by atoms with van der Waals surface area (Å²) in [6.07, 6.45) is 4.00. The Labute approximate surface area is 178 Å². The quantitative estimate of drug-likeness (QED) is 0.482. The molecule has 0 amide bonds. The maximum Gasteiger partial charge on any atom is 0.338 e. The van der Waals surface area contributed by atoms with Gasteiger partial charge in [0.15, 0.2) is 0 Å². The summed E-state index contributed by atoms with van der Waals surface area (Å²) in [4.78, 5) is 12.1. The third kappa shape index (κ3) is 5.83. The molecule has 0 saturated heterocycles. The van der Waals surface area contributed by atoms with Crippen LogP contribution in [0.1, 0.15) is 85.3 Å². The van der Waals surface area contributed by atoms with Gasteiger partial charge in [-0.1, -0.05) is 18.2 Å². The molecule has 4 rings (SSSR count). The Balaban J connectivity index is 1.32. The highest BCUT2D eigenvalue weighted by molar-refractivity contribution is 5.89. The maximum absolute atomic E-state index is 12.1. The number of nitrogens with one attached hydrogen (secondary N) is 1. The first-order valence-corrected chi connectivity index (χ1v) is 10.8. The van der Waals surface area contributed by atoms with Crippen molar-refractivity contribution in [2.75, 3.05) is 0 Å². The van der Waals surface area contributed by atoms with Gasteiger partial charge in [-0.2, -0.15) is 0 Å². The number of ether oxygens (including phenoxy) is 2. The van der Waals surface area contributed by atoms with E-state index in [1.54, 1.807) is 24.3 Å². The lowest BCUT2D eigenvalue weighted by atomic mass is 10.00. The van der Waals surface area contributed by atoms with Crippen LogP contribution in [0.15, 0.2) is 42.5 Å². The van der Waals surface area contributed by atoms with E-state index in [9.17, 15) is 9.90 Å². The van der Waals surface area contributed by atoms with Gasteiger partial charge < -0.3 is 14.6 Å². The Morgan fingerprint density at radius 3 is 2.10 bits per heavy atom. The normalized spacial score (nSPS) is 17.5. The van der Waals surface area contributed by atoms with Crippen LogP contribution in [-0.2, 0) is 11.3 Å². The van der Waals surface area contributed by atoms with Gasteiger partial charge in [-0.15, -0.1) is 0 Å². The zero-order valence-electron chi connectivity index (χ0n) is 18.0. The minimum Gasteiger partial charge on any atom is -0.456 e. The Morgan fingerprint density at radius 1 is 1.03 bits per heavy atom. The zero-order chi connectivity index (χ0) is 21.3. The summed E-state index contributed by atoms with van der Waals surface area (Å²) < 4.78 is 10.9. The first-order valence-electron chi connectivity index (χ1n) is 10.8. The van der Waals surface area contributed by atoms with E-state index in [0.717, 1.165) is 0 Å². The van der Waals surface area contributed by atoms with E-state index in [1.165, 1.54) is 42.4 Å². The molecule has 1 atom stereocenters. The molecule has 2 aliphatic rings. The summed E-state index contributed by atoms with van der Waals surface area (Å²) in [5.74, 6) is 1.53. The van der Waals surface area contributed by atoms with E-state index in [-0.39, 0.29) is 5.97 Å². The van der Waals surface area contributed by atoms with Crippen molar-refractivity contribution in [3.05, 3.63) is 64.7 Å². The van der Waals surface area contributed by atoms with Crippen molar-refractivity contribution in [2.24, 2.45) is 0 Å². The highest BCUT2D eigenvalue weighted by Crippen LogP contribution is 2.45. The summed E-state index contributed by atoms with van der Waals surface area (Å²) in [5, 5.41) is 13.3. The van der Waals surface area contributed by atoms with Crippen LogP contribution in [0, 0.1) is 0 Å². The van der Waals surface area contributed by atoms with E-state index in [0.29, 0.717) is 29.7 Å². The molecule has 0 aliphatic heterocycles. The molecule has 0 bridgehead atoms. The second kappa shape index (κ2) is 8.40. The SMILES string of the molecule is CC(C)(C)OC(=O)c1ccc(OC(O)NCc2cc(C3CC3)cc(C3CC3)c2)cc1. The number of hydrogen-bond acceptors (Lipinski definition) is 5. The smallest absolute Gasteiger partial charge is 0.338 e. The minimum atomic E-state index is -1.13. The fraction of sp³-hybridized carbons (Fsp3) is 0.480. The van der Waals surface area contributed by atoms with Crippen molar-refractivity contribution in [2.45, 2.75) is 76.9 Å². The maximum atomic E-state index is 12.1. The lowest BCUT2D eigenvalue weighted by molar-refractivity contribution is -0.0453. The van der Waals surface area contributed by atoms with Gasteiger partial charge in [-0.25, -0.2) is 4.79 Å². The number of carbonyl (C=O) groups excluding carboxylic acids is 1. The van der Waals surface area contributed by atoms with Gasteiger partial charge in [0.2, 0.25) is 0 Å². The number of esters is 1. The van der Waals surface area contributed by atoms with Crippen molar-refractivity contribution in [3.8, 4) is 5.75 Å². The first-order chi connectivity index (χ1) is 14.3. The van der Waals surface area contributed by atoms with E-state index < -0.39 is 12.0 Å². The average molecular weight is 410 g/mol. The zero-order valence-corrected chi connectivity index (χ0v) is 18.0. The second-order valence-corrected chi connectivity index (χ2v) is 9.43. The van der Waals surface area contributed by atoms with Gasteiger partial charge in [0.05, 0.1) is 5.56 Å². The lowest BCUT2D eigenvalue weighted by Crippen LogP contribution is -2.33. The third-order valence-corrected chi connectivity index (χ3v) is 5.35. The van der Waals surface area contributed by atoms with Crippen LogP contribution in [0.5, 0.6) is 5.75 Å². The molecule has 0 spiro atoms. The molecule has 2 saturated carbocycles. The van der Waals surface area contributed by atoms with Crippen molar-refractivity contribution in [3.63, 3.8) is 0 Å². The van der Waals surface area contributed by atoms with Gasteiger partial charge in [0, 0.05) is 6.54 Å². The molecule has 2 N–H and O–H groups in total. The van der Waals surface area contributed by atoms with E-state index in [2.05, 4.69) is 23.5 Å². The van der Waals surface area contributed by atoms with E-state index in [1.807, 2.05) is 20.8 Å². The van der Waals surface area contributed by atoms with Crippen molar-refractivity contribution in [1.29, 1.82) is 0 Å². The van der Waals surface area contributed by atoms with Crippen LogP contribution in [0.2, 0.25) is 0 Å². The van der Waals surface area contributed by atoms with Crippen LogP contribution >= 0.6 is 0 Å². The topological polar surface area (TPSA) is 67.8 Å². The van der Waals surface area contributed by atoms with E-state index in [4.69, 9.17) is 9.47 Å². The highest BCUT2D eigenvalue weighted by Gasteiger charge is 2.28. The van der Waals surface area contributed by atoms with Crippen LogP contribution in [-0.4, -0.2) is 23.1 Å². The number of hydrogen-bond donors (Lipinski definition) is 2. The molecule has 1 unspecified atom stereocenters. The predicted octanol–water partition coefficient (Wildman–Crippen LogP) is 4.84. The summed E-state index contributed by atoms with van der Waals surface area (Å²) in [5.41, 5.74) is 3.96. The predicted molar refractivity (Wildman–Crippen MR) is 115 cm³/mol. The number of aliphatic hydroxyl groups excluding tert-OH is 1. The van der Waals surface area contributed by atoms with Crippen LogP contribution < -0.4 is 10.1 Å². The fourth-order valence-electron chi connectivity index (χ4n) is 3.53. The molecule has 2 aromatic carbocycles. The number of benzene rings is 2. The van der Waals surface area contributed by atoms with Gasteiger partial charge in [-0.3, -0.25) is 5.32 Å². The van der Waals surface area contributed by atoms with E-state index >= 15 is 0 Å². The van der Waals surface area contributed by atoms with Gasteiger partial charge >= 0.3 is 5.97 Å². The molecule has 5 heteroatoms. The Morgan fingerprint density at radius 2 is 1.60 bits per heavy atom. The second-order valence-electron chi connectivity index (χ2n) is 9.43. The molecule has 0 aromatic heterocycles. The molecule has 2 aromatic rings. The standard InChI is InChI=1S/C25H31NO4/c1-25(2,3)30-23(27)19-8-10-22(11-9-19)29-24(28)26-15-16-12-20(17-4-5-17)14-21(13-16)18-6-7-18/h8-14,17-18,24,26,28H,4-7,15H2,1-3H3. The first kappa shape index (κ1) is 20.9. The molecule has 30 heavy (non-hydrogen) atoms. The van der Waals surface area contributed by atoms with Gasteiger partial charge in [-0.05, 0) is 99.2 Å². The monoisotopic (exact) mass is 409 g/mol. The average Bonchev–Trinajstić information content (AvgIpc) is 3.57. The van der Waals surface area contributed by atoms with Crippen LogP contribution in [0.25, 0.3) is 0 Å². The largest absolute Gasteiger partial charge is 0.456 e. The Bertz CT molecular complexity index is 862. The van der Waals surface area contributed by atoms with Crippen molar-refractivity contribution >= 4 is 5.97 Å². The number of rotatable bonds is 8. The summed E-state index contributed by atoms with van der Waals surface area (Å²) in [6, 6.07) is 13.5. The molecule has 5 nitrogen and oxygen atoms in total. The van der Waals surface area contributed by atoms with Crippen molar-refractivity contribution in [1.82, 2.24) is 5.32 Å². The fourth-order valence-corrected chi connectivity index (χ4v) is 3.53. The molecule has 2 fully saturated rings. The third-order valence-electron chi connectivity index (χ3n) is 5.35. The number of carbonyl (C=O) groups is 1. The lowest BCUT2D eigenvalue weighted by Gasteiger charge is -2.19. The summed E-state index contributed by atoms with van der Waals surface area (Å²) in [7, 11) is 0. The van der Waals surface area contributed by atoms with Crippen LogP contribution in [0.4, 0.5) is 0 Å². The minimum absolute atomic E-state index is 0.380. The number of aliphatic hydroxyl groups is 1. The summed E-state index contributed by atoms with van der Waals surface area (Å²) >= 11 is 0. The van der Waals surface area contributed by atoms with Gasteiger partial charge in [0.1, 0.15) is 11.4 Å². The van der Waals surface area contributed by atoms with Crippen LogP contribution in [0.3, 0.4) is 0 Å². The van der Waals surface area contributed by atoms with Gasteiger partial charge in [0.25, 0.3) is 6.41 Å². The molecular formula is C25H31NO4. The Kier molecular flexibility index (Phi) is 5.85. The molecule has 160 valence electrons. The molecular weight excluding hydrogens is 378 g/mol. The molecule has 0 heterocycles.